The highest BCUT2D eigenvalue weighted by Crippen LogP contribution is 2.24. The van der Waals surface area contributed by atoms with E-state index in [1.165, 1.54) is 0 Å². The third-order valence-corrected chi connectivity index (χ3v) is 4.29. The van der Waals surface area contributed by atoms with Crippen molar-refractivity contribution in [3.8, 4) is 0 Å². The van der Waals surface area contributed by atoms with Gasteiger partial charge in [-0.3, -0.25) is 9.59 Å². The molecule has 3 rings (SSSR count). The Labute approximate surface area is 123 Å². The Kier molecular flexibility index (Phi) is 3.92. The molecule has 5 heteroatoms. The molecular weight excluding hydrogens is 268 g/mol. The highest BCUT2D eigenvalue weighted by molar-refractivity contribution is 6.02. The predicted octanol–water partition coefficient (Wildman–Crippen LogP) is 1.60. The van der Waals surface area contributed by atoms with Crippen LogP contribution < -0.4 is 10.6 Å². The van der Waals surface area contributed by atoms with Crippen molar-refractivity contribution in [3.63, 3.8) is 0 Å². The zero-order valence-corrected chi connectivity index (χ0v) is 11.9. The van der Waals surface area contributed by atoms with Crippen LogP contribution in [-0.2, 0) is 11.2 Å². The number of aliphatic hydroxyl groups is 1. The Morgan fingerprint density at radius 3 is 2.90 bits per heavy atom. The normalized spacial score (nSPS) is 24.9. The van der Waals surface area contributed by atoms with Crippen LogP contribution in [0, 0.1) is 0 Å². The van der Waals surface area contributed by atoms with Crippen LogP contribution in [0.3, 0.4) is 0 Å². The summed E-state index contributed by atoms with van der Waals surface area (Å²) >= 11 is 0. The molecule has 0 saturated heterocycles. The van der Waals surface area contributed by atoms with Crippen LogP contribution in [0.2, 0.25) is 0 Å². The Hall–Kier alpha value is -1.88. The lowest BCUT2D eigenvalue weighted by Crippen LogP contribution is -2.42. The molecule has 0 aromatic heterocycles. The molecule has 1 aliphatic heterocycles. The first-order valence-corrected chi connectivity index (χ1v) is 7.55. The number of benzene rings is 1. The van der Waals surface area contributed by atoms with Crippen LogP contribution in [-0.4, -0.2) is 29.1 Å². The van der Waals surface area contributed by atoms with Gasteiger partial charge in [0.15, 0.2) is 0 Å². The van der Waals surface area contributed by atoms with Crippen molar-refractivity contribution < 1.29 is 14.7 Å². The van der Waals surface area contributed by atoms with Gasteiger partial charge in [-0.15, -0.1) is 0 Å². The van der Waals surface area contributed by atoms with Gasteiger partial charge in [0.1, 0.15) is 0 Å². The fourth-order valence-electron chi connectivity index (χ4n) is 3.06. The van der Waals surface area contributed by atoms with Crippen LogP contribution in [0.15, 0.2) is 18.2 Å². The second-order valence-electron chi connectivity index (χ2n) is 5.88. The van der Waals surface area contributed by atoms with Crippen molar-refractivity contribution in [2.75, 3.05) is 5.32 Å². The molecule has 2 unspecified atom stereocenters. The number of aliphatic hydroxyl groups excluding tert-OH is 1. The first kappa shape index (κ1) is 14.1. The smallest absolute Gasteiger partial charge is 0.251 e. The molecule has 1 heterocycles. The molecule has 2 atom stereocenters. The van der Waals surface area contributed by atoms with Crippen LogP contribution in [0.5, 0.6) is 0 Å². The van der Waals surface area contributed by atoms with Gasteiger partial charge < -0.3 is 15.7 Å². The van der Waals surface area contributed by atoms with Crippen molar-refractivity contribution in [2.45, 2.75) is 50.7 Å². The van der Waals surface area contributed by atoms with Gasteiger partial charge in [-0.2, -0.15) is 0 Å². The molecule has 5 nitrogen and oxygen atoms in total. The van der Waals surface area contributed by atoms with E-state index in [1.807, 2.05) is 6.07 Å². The molecule has 112 valence electrons. The molecule has 21 heavy (non-hydrogen) atoms. The molecular formula is C16H20N2O3. The number of carbonyl (C=O) groups excluding carboxylic acids is 2. The number of nitrogens with one attached hydrogen (secondary N) is 2. The van der Waals surface area contributed by atoms with Gasteiger partial charge in [-0.1, -0.05) is 25.3 Å². The number of anilines is 1. The summed E-state index contributed by atoms with van der Waals surface area (Å²) in [5.41, 5.74) is 2.16. The molecule has 1 saturated carbocycles. The van der Waals surface area contributed by atoms with Crippen LogP contribution >= 0.6 is 0 Å². The first-order chi connectivity index (χ1) is 10.1. The largest absolute Gasteiger partial charge is 0.391 e. The van der Waals surface area contributed by atoms with E-state index in [2.05, 4.69) is 10.6 Å². The minimum Gasteiger partial charge on any atom is -0.391 e. The molecule has 1 aliphatic carbocycles. The quantitative estimate of drug-likeness (QED) is 0.723. The number of amides is 2. The monoisotopic (exact) mass is 288 g/mol. The summed E-state index contributed by atoms with van der Waals surface area (Å²) in [5, 5.41) is 15.7. The first-order valence-electron chi connectivity index (χ1n) is 7.55. The van der Waals surface area contributed by atoms with Crippen LogP contribution in [0.1, 0.15) is 48.0 Å². The van der Waals surface area contributed by atoms with Crippen molar-refractivity contribution in [1.82, 2.24) is 5.32 Å². The topological polar surface area (TPSA) is 78.4 Å². The zero-order chi connectivity index (χ0) is 14.8. The van der Waals surface area contributed by atoms with E-state index in [-0.39, 0.29) is 17.9 Å². The number of hydrogen-bond donors (Lipinski definition) is 3. The Balaban J connectivity index is 1.71. The maximum atomic E-state index is 12.3. The number of rotatable bonds is 2. The minimum absolute atomic E-state index is 0.0400. The van der Waals surface area contributed by atoms with Gasteiger partial charge in [0.2, 0.25) is 5.91 Å². The summed E-state index contributed by atoms with van der Waals surface area (Å²) in [7, 11) is 0. The molecule has 1 aromatic carbocycles. The molecule has 3 N–H and O–H groups in total. The van der Waals surface area contributed by atoms with Crippen LogP contribution in [0.25, 0.3) is 0 Å². The molecule has 0 radical (unpaired) electrons. The lowest BCUT2D eigenvalue weighted by Gasteiger charge is -2.21. The van der Waals surface area contributed by atoms with Crippen molar-refractivity contribution >= 4 is 17.5 Å². The lowest BCUT2D eigenvalue weighted by molar-refractivity contribution is -0.115. The standard InChI is InChI=1S/C16H20N2O3/c19-14-5-3-1-2-4-12(14)18-16(21)11-7-6-10-9-15(20)17-13(10)8-11/h6-8,12,14,19H,1-5,9H2,(H,17,20)(H,18,21). The van der Waals surface area contributed by atoms with Crippen molar-refractivity contribution in [1.29, 1.82) is 0 Å². The van der Waals surface area contributed by atoms with Gasteiger partial charge in [0.05, 0.1) is 18.6 Å². The Morgan fingerprint density at radius 1 is 1.24 bits per heavy atom. The van der Waals surface area contributed by atoms with Gasteiger partial charge >= 0.3 is 0 Å². The van der Waals surface area contributed by atoms with Gasteiger partial charge in [0, 0.05) is 11.3 Å². The van der Waals surface area contributed by atoms with Gasteiger partial charge in [-0.05, 0) is 30.5 Å². The van der Waals surface area contributed by atoms with E-state index in [1.54, 1.807) is 12.1 Å². The average molecular weight is 288 g/mol. The average Bonchev–Trinajstić information content (AvgIpc) is 2.72. The second-order valence-corrected chi connectivity index (χ2v) is 5.88. The maximum Gasteiger partial charge on any atom is 0.251 e. The highest BCUT2D eigenvalue weighted by Gasteiger charge is 2.24. The lowest BCUT2D eigenvalue weighted by atomic mass is 10.0. The molecule has 0 spiro atoms. The molecule has 0 bridgehead atoms. The molecule has 2 aliphatic rings. The van der Waals surface area contributed by atoms with E-state index in [0.29, 0.717) is 17.7 Å². The second kappa shape index (κ2) is 5.85. The van der Waals surface area contributed by atoms with E-state index >= 15 is 0 Å². The Bertz CT molecular complexity index is 571. The van der Waals surface area contributed by atoms with E-state index in [0.717, 1.165) is 37.7 Å². The van der Waals surface area contributed by atoms with E-state index in [9.17, 15) is 14.7 Å². The summed E-state index contributed by atoms with van der Waals surface area (Å²) in [5.74, 6) is -0.230. The fraction of sp³-hybridized carbons (Fsp3) is 0.500. The summed E-state index contributed by atoms with van der Waals surface area (Å²) in [6, 6.07) is 5.07. The van der Waals surface area contributed by atoms with Gasteiger partial charge in [0.25, 0.3) is 5.91 Å². The fourth-order valence-corrected chi connectivity index (χ4v) is 3.06. The number of carbonyl (C=O) groups is 2. The minimum atomic E-state index is -0.467. The van der Waals surface area contributed by atoms with Crippen molar-refractivity contribution in [2.24, 2.45) is 0 Å². The summed E-state index contributed by atoms with van der Waals surface area (Å²) < 4.78 is 0. The third-order valence-electron chi connectivity index (χ3n) is 4.29. The highest BCUT2D eigenvalue weighted by atomic mass is 16.3. The number of hydrogen-bond acceptors (Lipinski definition) is 3. The molecule has 1 fully saturated rings. The molecule has 2 amide bonds. The maximum absolute atomic E-state index is 12.3. The Morgan fingerprint density at radius 2 is 2.05 bits per heavy atom. The summed E-state index contributed by atoms with van der Waals surface area (Å²) in [6.07, 6.45) is 4.61. The summed E-state index contributed by atoms with van der Waals surface area (Å²) in [6.45, 7) is 0. The van der Waals surface area contributed by atoms with Crippen LogP contribution in [0.4, 0.5) is 5.69 Å². The third kappa shape index (κ3) is 3.08. The number of fused-ring (bicyclic) bond motifs is 1. The SMILES string of the molecule is O=C1Cc2ccc(C(=O)NC3CCCCCC3O)cc2N1. The van der Waals surface area contributed by atoms with E-state index in [4.69, 9.17) is 0 Å². The van der Waals surface area contributed by atoms with E-state index < -0.39 is 6.10 Å². The summed E-state index contributed by atoms with van der Waals surface area (Å²) in [4.78, 5) is 23.7. The van der Waals surface area contributed by atoms with Crippen molar-refractivity contribution in [3.05, 3.63) is 29.3 Å². The predicted molar refractivity (Wildman–Crippen MR) is 79.1 cm³/mol. The van der Waals surface area contributed by atoms with Gasteiger partial charge in [-0.25, -0.2) is 0 Å². The zero-order valence-electron chi connectivity index (χ0n) is 11.9. The molecule has 1 aromatic rings.